The molecule has 0 saturated carbocycles. The van der Waals surface area contributed by atoms with Gasteiger partial charge < -0.3 is 20.6 Å². The highest BCUT2D eigenvalue weighted by atomic mass is 19.1. The number of hydrogen-bond donors (Lipinski definition) is 3. The molecule has 7 heteroatoms. The van der Waals surface area contributed by atoms with Crippen molar-refractivity contribution in [2.45, 2.75) is 37.3 Å². The predicted octanol–water partition coefficient (Wildman–Crippen LogP) is 0.105. The number of rotatable bonds is 2. The van der Waals surface area contributed by atoms with Crippen molar-refractivity contribution in [1.82, 2.24) is 9.97 Å². The number of H-pyrrole nitrogens is 1. The second kappa shape index (κ2) is 4.33. The van der Waals surface area contributed by atoms with Crippen LogP contribution in [0.5, 0.6) is 0 Å². The molecule has 1 fully saturated rings. The Balaban J connectivity index is 2.42. The maximum absolute atomic E-state index is 14.5. The van der Waals surface area contributed by atoms with Crippen LogP contribution >= 0.6 is 0 Å². The van der Waals surface area contributed by atoms with Gasteiger partial charge in [-0.3, -0.25) is 0 Å². The van der Waals surface area contributed by atoms with Gasteiger partial charge in [-0.1, -0.05) is 6.92 Å². The molecule has 99 valence electrons. The van der Waals surface area contributed by atoms with Gasteiger partial charge in [-0.25, -0.2) is 9.18 Å². The zero-order valence-electron chi connectivity index (χ0n) is 9.89. The lowest BCUT2D eigenvalue weighted by Gasteiger charge is -2.24. The smallest absolute Gasteiger partial charge is 0.346 e. The zero-order chi connectivity index (χ0) is 13.5. The van der Waals surface area contributed by atoms with Gasteiger partial charge in [0, 0.05) is 11.8 Å². The van der Waals surface area contributed by atoms with Crippen LogP contribution < -0.4 is 11.4 Å². The Morgan fingerprint density at radius 2 is 2.44 bits per heavy atom. The van der Waals surface area contributed by atoms with Gasteiger partial charge in [0.25, 0.3) is 0 Å². The van der Waals surface area contributed by atoms with Crippen molar-refractivity contribution in [3.05, 3.63) is 29.2 Å². The monoisotopic (exact) mass is 256 g/mol. The fourth-order valence-corrected chi connectivity index (χ4v) is 2.13. The van der Waals surface area contributed by atoms with E-state index in [1.54, 1.807) is 0 Å². The van der Waals surface area contributed by atoms with Gasteiger partial charge in [0.1, 0.15) is 18.0 Å². The summed E-state index contributed by atoms with van der Waals surface area (Å²) in [4.78, 5) is 16.8. The quantitative estimate of drug-likeness (QED) is 0.697. The first kappa shape index (κ1) is 13.0. The molecular formula is C11H15FN3O3. The molecule has 4 atom stereocenters. The van der Waals surface area contributed by atoms with Crippen LogP contribution in [0, 0.1) is 6.92 Å². The summed E-state index contributed by atoms with van der Waals surface area (Å²) >= 11 is 0. The maximum Gasteiger partial charge on any atom is 0.346 e. The molecule has 0 bridgehead atoms. The Morgan fingerprint density at radius 3 is 2.94 bits per heavy atom. The topological polar surface area (TPSA) is 101 Å². The molecule has 0 unspecified atom stereocenters. The van der Waals surface area contributed by atoms with Gasteiger partial charge in [0.15, 0.2) is 5.67 Å². The van der Waals surface area contributed by atoms with Crippen LogP contribution in [-0.2, 0) is 4.74 Å². The number of aliphatic hydroxyl groups excluding tert-OH is 1. The molecule has 0 aromatic carbocycles. The third-order valence-corrected chi connectivity index (χ3v) is 3.19. The van der Waals surface area contributed by atoms with E-state index in [0.29, 0.717) is 0 Å². The fourth-order valence-electron chi connectivity index (χ4n) is 2.13. The van der Waals surface area contributed by atoms with Crippen LogP contribution in [0.2, 0.25) is 0 Å². The zero-order valence-corrected chi connectivity index (χ0v) is 9.89. The molecular weight excluding hydrogens is 241 g/mol. The molecule has 1 radical (unpaired) electrons. The number of aromatic amines is 1. The SMILES string of the molecule is [CH2]C[C@H]1O[C@H](c2c[nH]c(=O)nc2N)[C@](C)(F)[C@@H]1O. The number of nitrogens with two attached hydrogens (primary N) is 1. The van der Waals surface area contributed by atoms with Gasteiger partial charge >= 0.3 is 5.69 Å². The number of ether oxygens (including phenoxy) is 1. The van der Waals surface area contributed by atoms with Gasteiger partial charge in [0.05, 0.1) is 6.10 Å². The minimum atomic E-state index is -2.02. The second-order valence-corrected chi connectivity index (χ2v) is 4.49. The molecule has 0 spiro atoms. The number of nitrogens with one attached hydrogen (secondary N) is 1. The first-order chi connectivity index (χ1) is 8.37. The lowest BCUT2D eigenvalue weighted by atomic mass is 9.90. The summed E-state index contributed by atoms with van der Waals surface area (Å²) in [5.41, 5.74) is 3.16. The Bertz CT molecular complexity index is 503. The highest BCUT2D eigenvalue weighted by Crippen LogP contribution is 2.45. The van der Waals surface area contributed by atoms with Crippen LogP contribution in [0.1, 0.15) is 25.0 Å². The molecule has 2 heterocycles. The number of aliphatic hydroxyl groups is 1. The summed E-state index contributed by atoms with van der Waals surface area (Å²) in [6.07, 6.45) is -1.61. The molecule has 1 aromatic heterocycles. The van der Waals surface area contributed by atoms with E-state index in [0.717, 1.165) is 0 Å². The molecule has 1 aliphatic heterocycles. The van der Waals surface area contributed by atoms with E-state index in [2.05, 4.69) is 16.9 Å². The summed E-state index contributed by atoms with van der Waals surface area (Å²) < 4.78 is 19.9. The van der Waals surface area contributed by atoms with E-state index in [4.69, 9.17) is 10.5 Å². The van der Waals surface area contributed by atoms with E-state index >= 15 is 0 Å². The Hall–Kier alpha value is -1.47. The summed E-state index contributed by atoms with van der Waals surface area (Å²) in [5, 5.41) is 9.82. The highest BCUT2D eigenvalue weighted by Gasteiger charge is 2.54. The minimum absolute atomic E-state index is 0.107. The molecule has 4 N–H and O–H groups in total. The van der Waals surface area contributed by atoms with Gasteiger partial charge in [0.2, 0.25) is 0 Å². The Morgan fingerprint density at radius 1 is 1.78 bits per heavy atom. The third kappa shape index (κ3) is 1.89. The summed E-state index contributed by atoms with van der Waals surface area (Å²) in [6, 6.07) is 0. The van der Waals surface area contributed by atoms with Crippen molar-refractivity contribution >= 4 is 5.82 Å². The first-order valence-corrected chi connectivity index (χ1v) is 5.54. The Kier molecular flexibility index (Phi) is 3.12. The molecule has 1 aliphatic rings. The molecule has 18 heavy (non-hydrogen) atoms. The minimum Gasteiger partial charge on any atom is -0.387 e. The largest absolute Gasteiger partial charge is 0.387 e. The van der Waals surface area contributed by atoms with E-state index in [-0.39, 0.29) is 17.8 Å². The number of alkyl halides is 1. The number of hydrogen-bond acceptors (Lipinski definition) is 5. The maximum atomic E-state index is 14.5. The summed E-state index contributed by atoms with van der Waals surface area (Å²) in [6.45, 7) is 4.82. The van der Waals surface area contributed by atoms with Crippen molar-refractivity contribution in [1.29, 1.82) is 0 Å². The van der Waals surface area contributed by atoms with Crippen LogP contribution in [-0.4, -0.2) is 33.0 Å². The molecule has 0 aliphatic carbocycles. The number of nitrogen functional groups attached to an aromatic ring is 1. The Labute approximate surface area is 103 Å². The molecule has 1 saturated heterocycles. The van der Waals surface area contributed by atoms with Crippen molar-refractivity contribution in [2.75, 3.05) is 5.73 Å². The van der Waals surface area contributed by atoms with Crippen LogP contribution in [0.3, 0.4) is 0 Å². The average Bonchev–Trinajstić information content (AvgIpc) is 2.52. The van der Waals surface area contributed by atoms with Crippen LogP contribution in [0.15, 0.2) is 11.0 Å². The molecule has 6 nitrogen and oxygen atoms in total. The summed E-state index contributed by atoms with van der Waals surface area (Å²) in [5.74, 6) is -0.107. The molecule has 1 aromatic rings. The fraction of sp³-hybridized carbons (Fsp3) is 0.545. The lowest BCUT2D eigenvalue weighted by molar-refractivity contribution is 0.00170. The van der Waals surface area contributed by atoms with Crippen molar-refractivity contribution in [2.24, 2.45) is 0 Å². The molecule has 0 amide bonds. The lowest BCUT2D eigenvalue weighted by Crippen LogP contribution is -2.38. The van der Waals surface area contributed by atoms with E-state index < -0.39 is 29.7 Å². The van der Waals surface area contributed by atoms with Crippen LogP contribution in [0.4, 0.5) is 10.2 Å². The van der Waals surface area contributed by atoms with Crippen molar-refractivity contribution in [3.63, 3.8) is 0 Å². The van der Waals surface area contributed by atoms with Gasteiger partial charge in [-0.05, 0) is 13.3 Å². The molecule has 2 rings (SSSR count). The predicted molar refractivity (Wildman–Crippen MR) is 62.4 cm³/mol. The number of halogens is 1. The average molecular weight is 256 g/mol. The standard InChI is InChI=1S/C11H15FN3O3/c1-3-6-7(16)11(2,12)8(18-6)5-4-14-10(17)15-9(5)13/h4,6-8,16H,1,3H2,2H3,(H3,13,14,15,17)/t6-,7-,8-,11-/m1/s1. The van der Waals surface area contributed by atoms with Crippen molar-refractivity contribution in [3.8, 4) is 0 Å². The van der Waals surface area contributed by atoms with Gasteiger partial charge in [-0.15, -0.1) is 0 Å². The first-order valence-electron chi connectivity index (χ1n) is 5.54. The number of nitrogens with zero attached hydrogens (tertiary/aromatic N) is 1. The normalized spacial score (nSPS) is 35.9. The van der Waals surface area contributed by atoms with E-state index in [9.17, 15) is 14.3 Å². The number of aromatic nitrogens is 2. The van der Waals surface area contributed by atoms with Crippen LogP contribution in [0.25, 0.3) is 0 Å². The third-order valence-electron chi connectivity index (χ3n) is 3.19. The van der Waals surface area contributed by atoms with E-state index in [1.807, 2.05) is 0 Å². The second-order valence-electron chi connectivity index (χ2n) is 4.49. The highest BCUT2D eigenvalue weighted by molar-refractivity contribution is 5.40. The van der Waals surface area contributed by atoms with E-state index in [1.165, 1.54) is 13.1 Å². The summed E-state index contributed by atoms with van der Waals surface area (Å²) in [7, 11) is 0. The number of anilines is 1. The van der Waals surface area contributed by atoms with Crippen molar-refractivity contribution < 1.29 is 14.2 Å². The van der Waals surface area contributed by atoms with Gasteiger partial charge in [-0.2, -0.15) is 4.98 Å².